The fraction of sp³-hybridized carbons (Fsp3) is 0.588. The Labute approximate surface area is 124 Å². The third-order valence-electron chi connectivity index (χ3n) is 5.15. The third-order valence-corrected chi connectivity index (χ3v) is 5.15. The van der Waals surface area contributed by atoms with Crippen molar-refractivity contribution in [2.24, 2.45) is 17.8 Å². The molecule has 0 heterocycles. The van der Waals surface area contributed by atoms with Crippen LogP contribution in [0.15, 0.2) is 18.2 Å². The van der Waals surface area contributed by atoms with E-state index in [4.69, 9.17) is 0 Å². The molecule has 1 aromatic rings. The molecule has 3 unspecified atom stereocenters. The van der Waals surface area contributed by atoms with Gasteiger partial charge in [-0.1, -0.05) is 6.42 Å². The van der Waals surface area contributed by atoms with Crippen molar-refractivity contribution in [1.82, 2.24) is 0 Å². The van der Waals surface area contributed by atoms with Crippen LogP contribution in [0.3, 0.4) is 0 Å². The highest BCUT2D eigenvalue weighted by Crippen LogP contribution is 2.49. The first-order chi connectivity index (χ1) is 10.1. The largest absolute Gasteiger partial charge is 0.313 e. The molecule has 0 aliphatic heterocycles. The average molecular weight is 293 g/mol. The van der Waals surface area contributed by atoms with Crippen LogP contribution in [0.2, 0.25) is 0 Å². The average Bonchev–Trinajstić information content (AvgIpc) is 3.06. The fourth-order valence-electron chi connectivity index (χ4n) is 4.12. The Morgan fingerprint density at radius 3 is 2.62 bits per heavy atom. The Kier molecular flexibility index (Phi) is 3.96. The summed E-state index contributed by atoms with van der Waals surface area (Å²) in [5, 5.41) is 0. The molecule has 2 aliphatic rings. The van der Waals surface area contributed by atoms with Gasteiger partial charge in [-0.05, 0) is 56.1 Å². The number of anilines is 1. The summed E-state index contributed by atoms with van der Waals surface area (Å²) in [6.07, 6.45) is 5.53. The van der Waals surface area contributed by atoms with Crippen molar-refractivity contribution in [3.8, 4) is 0 Å². The lowest BCUT2D eigenvalue weighted by molar-refractivity contribution is -0.119. The van der Waals surface area contributed by atoms with E-state index < -0.39 is 11.6 Å². The molecule has 21 heavy (non-hydrogen) atoms. The SMILES string of the molecule is CCN(C(=O)CC1CC2CCC1C2)c1ccc(F)c(F)c1. The van der Waals surface area contributed by atoms with E-state index >= 15 is 0 Å². The van der Waals surface area contributed by atoms with Gasteiger partial charge in [-0.25, -0.2) is 8.78 Å². The van der Waals surface area contributed by atoms with Crippen molar-refractivity contribution in [2.45, 2.75) is 39.0 Å². The monoisotopic (exact) mass is 293 g/mol. The Morgan fingerprint density at radius 2 is 2.05 bits per heavy atom. The van der Waals surface area contributed by atoms with Gasteiger partial charge >= 0.3 is 0 Å². The molecule has 2 saturated carbocycles. The van der Waals surface area contributed by atoms with Gasteiger partial charge in [-0.3, -0.25) is 4.79 Å². The van der Waals surface area contributed by atoms with E-state index in [0.29, 0.717) is 30.5 Å². The Morgan fingerprint density at radius 1 is 1.24 bits per heavy atom. The predicted molar refractivity (Wildman–Crippen MR) is 77.9 cm³/mol. The van der Waals surface area contributed by atoms with Crippen LogP contribution >= 0.6 is 0 Å². The van der Waals surface area contributed by atoms with Crippen LogP contribution < -0.4 is 4.90 Å². The number of halogens is 2. The number of rotatable bonds is 4. The van der Waals surface area contributed by atoms with Crippen molar-refractivity contribution in [3.63, 3.8) is 0 Å². The first-order valence-corrected chi connectivity index (χ1v) is 7.84. The molecular formula is C17H21F2NO. The van der Waals surface area contributed by atoms with Gasteiger partial charge in [0.1, 0.15) is 0 Å². The molecule has 2 nitrogen and oxygen atoms in total. The summed E-state index contributed by atoms with van der Waals surface area (Å²) in [5.41, 5.74) is 0.449. The number of hydrogen-bond acceptors (Lipinski definition) is 1. The van der Waals surface area contributed by atoms with Crippen molar-refractivity contribution in [3.05, 3.63) is 29.8 Å². The van der Waals surface area contributed by atoms with Crippen LogP contribution in [-0.4, -0.2) is 12.5 Å². The van der Waals surface area contributed by atoms with E-state index in [1.165, 1.54) is 25.3 Å². The molecule has 114 valence electrons. The van der Waals surface area contributed by atoms with Gasteiger partial charge < -0.3 is 4.90 Å². The first kappa shape index (κ1) is 14.5. The molecule has 0 spiro atoms. The van der Waals surface area contributed by atoms with E-state index in [1.54, 1.807) is 4.90 Å². The summed E-state index contributed by atoms with van der Waals surface area (Å²) in [7, 11) is 0. The van der Waals surface area contributed by atoms with Crippen molar-refractivity contribution >= 4 is 11.6 Å². The maximum Gasteiger partial charge on any atom is 0.227 e. The number of benzene rings is 1. The highest BCUT2D eigenvalue weighted by atomic mass is 19.2. The minimum Gasteiger partial charge on any atom is -0.313 e. The van der Waals surface area contributed by atoms with Crippen LogP contribution in [0.5, 0.6) is 0 Å². The summed E-state index contributed by atoms with van der Waals surface area (Å²) in [5.74, 6) is 0.236. The maximum absolute atomic E-state index is 13.4. The predicted octanol–water partition coefficient (Wildman–Crippen LogP) is 4.14. The molecule has 2 bridgehead atoms. The summed E-state index contributed by atoms with van der Waals surface area (Å²) >= 11 is 0. The Hall–Kier alpha value is -1.45. The zero-order valence-electron chi connectivity index (χ0n) is 12.3. The zero-order chi connectivity index (χ0) is 15.0. The van der Waals surface area contributed by atoms with E-state index in [2.05, 4.69) is 0 Å². The van der Waals surface area contributed by atoms with E-state index in [0.717, 1.165) is 24.5 Å². The normalized spacial score (nSPS) is 27.1. The Bertz CT molecular complexity index is 546. The molecule has 1 amide bonds. The molecule has 3 atom stereocenters. The van der Waals surface area contributed by atoms with Gasteiger partial charge in [0, 0.05) is 24.7 Å². The second-order valence-electron chi connectivity index (χ2n) is 6.38. The molecule has 4 heteroatoms. The molecule has 0 N–H and O–H groups in total. The smallest absolute Gasteiger partial charge is 0.227 e. The minimum atomic E-state index is -0.904. The van der Waals surface area contributed by atoms with Gasteiger partial charge in [0.05, 0.1) is 0 Å². The number of nitrogens with zero attached hydrogens (tertiary/aromatic N) is 1. The lowest BCUT2D eigenvalue weighted by Gasteiger charge is -2.26. The molecule has 2 fully saturated rings. The number of amides is 1. The number of carbonyl (C=O) groups excluding carboxylic acids is 1. The number of hydrogen-bond donors (Lipinski definition) is 0. The van der Waals surface area contributed by atoms with Gasteiger partial charge in [-0.15, -0.1) is 0 Å². The highest BCUT2D eigenvalue weighted by molar-refractivity contribution is 5.93. The summed E-state index contributed by atoms with van der Waals surface area (Å²) < 4.78 is 26.4. The van der Waals surface area contributed by atoms with Gasteiger partial charge in [0.15, 0.2) is 11.6 Å². The molecule has 3 rings (SSSR count). The summed E-state index contributed by atoms with van der Waals surface area (Å²) in [4.78, 5) is 14.1. The van der Waals surface area contributed by atoms with Crippen LogP contribution in [0, 0.1) is 29.4 Å². The van der Waals surface area contributed by atoms with Crippen molar-refractivity contribution in [1.29, 1.82) is 0 Å². The van der Waals surface area contributed by atoms with Gasteiger partial charge in [-0.2, -0.15) is 0 Å². The topological polar surface area (TPSA) is 20.3 Å². The molecule has 0 aromatic heterocycles. The molecule has 2 aliphatic carbocycles. The second kappa shape index (κ2) is 5.74. The molecule has 0 saturated heterocycles. The fourth-order valence-corrected chi connectivity index (χ4v) is 4.12. The van der Waals surface area contributed by atoms with Gasteiger partial charge in [0.25, 0.3) is 0 Å². The standard InChI is InChI=1S/C17H21F2NO/c1-2-20(14-5-6-15(18)16(19)10-14)17(21)9-13-8-11-3-4-12(13)7-11/h5-6,10-13H,2-4,7-9H2,1H3. The quantitative estimate of drug-likeness (QED) is 0.817. The van der Waals surface area contributed by atoms with Crippen molar-refractivity contribution in [2.75, 3.05) is 11.4 Å². The number of fused-ring (bicyclic) bond motifs is 2. The summed E-state index contributed by atoms with van der Waals surface area (Å²) in [6, 6.07) is 3.66. The minimum absolute atomic E-state index is 0.0288. The van der Waals surface area contributed by atoms with Gasteiger partial charge in [0.2, 0.25) is 5.91 Å². The van der Waals surface area contributed by atoms with E-state index in [9.17, 15) is 13.6 Å². The molecular weight excluding hydrogens is 272 g/mol. The summed E-state index contributed by atoms with van der Waals surface area (Å²) in [6.45, 7) is 2.34. The van der Waals surface area contributed by atoms with Crippen molar-refractivity contribution < 1.29 is 13.6 Å². The maximum atomic E-state index is 13.4. The third kappa shape index (κ3) is 2.81. The van der Waals surface area contributed by atoms with Crippen LogP contribution in [0.1, 0.15) is 39.0 Å². The van der Waals surface area contributed by atoms with Crippen LogP contribution in [-0.2, 0) is 4.79 Å². The Balaban J connectivity index is 1.70. The lowest BCUT2D eigenvalue weighted by Crippen LogP contribution is -2.33. The molecule has 1 aromatic carbocycles. The lowest BCUT2D eigenvalue weighted by atomic mass is 9.86. The van der Waals surface area contributed by atoms with Crippen LogP contribution in [0.25, 0.3) is 0 Å². The second-order valence-corrected chi connectivity index (χ2v) is 6.38. The first-order valence-electron chi connectivity index (χ1n) is 7.84. The number of carbonyl (C=O) groups is 1. The van der Waals surface area contributed by atoms with Crippen LogP contribution in [0.4, 0.5) is 14.5 Å². The highest BCUT2D eigenvalue weighted by Gasteiger charge is 2.40. The van der Waals surface area contributed by atoms with E-state index in [-0.39, 0.29) is 5.91 Å². The zero-order valence-corrected chi connectivity index (χ0v) is 12.3. The molecule has 0 radical (unpaired) electrons. The van der Waals surface area contributed by atoms with E-state index in [1.807, 2.05) is 6.92 Å².